The van der Waals surface area contributed by atoms with Gasteiger partial charge in [0.1, 0.15) is 5.82 Å². The minimum Gasteiger partial charge on any atom is -0.308 e. The maximum absolute atomic E-state index is 13.3. The number of nitrogens with zero attached hydrogens (tertiary/aromatic N) is 2. The Morgan fingerprint density at radius 1 is 1.06 bits per heavy atom. The summed E-state index contributed by atoms with van der Waals surface area (Å²) in [6, 6.07) is 16.9. The molecule has 1 aliphatic rings. The molecular weight excluding hydrogens is 439 g/mol. The number of hydrogen-bond acceptors (Lipinski definition) is 3. The minimum absolute atomic E-state index is 0.0719. The van der Waals surface area contributed by atoms with Crippen LogP contribution in [0.25, 0.3) is 0 Å². The highest BCUT2D eigenvalue weighted by atomic mass is 35.5. The van der Waals surface area contributed by atoms with Crippen molar-refractivity contribution in [2.24, 2.45) is 0 Å². The Morgan fingerprint density at radius 2 is 1.77 bits per heavy atom. The van der Waals surface area contributed by atoms with Crippen molar-refractivity contribution in [1.29, 1.82) is 0 Å². The number of sulfonamides is 1. The molecule has 0 atom stereocenters. The van der Waals surface area contributed by atoms with Gasteiger partial charge in [-0.25, -0.2) is 12.8 Å². The first-order valence-electron chi connectivity index (χ1n) is 9.73. The Hall–Kier alpha value is -2.90. The molecule has 5 nitrogen and oxygen atoms in total. The smallest absolute Gasteiger partial charge is 0.264 e. The summed E-state index contributed by atoms with van der Waals surface area (Å²) in [5, 5.41) is 0.177. The zero-order valence-corrected chi connectivity index (χ0v) is 18.3. The van der Waals surface area contributed by atoms with Gasteiger partial charge in [-0.15, -0.1) is 0 Å². The molecule has 160 valence electrons. The van der Waals surface area contributed by atoms with Gasteiger partial charge in [0.15, 0.2) is 0 Å². The molecule has 0 saturated carbocycles. The Bertz CT molecular complexity index is 1250. The van der Waals surface area contributed by atoms with Gasteiger partial charge in [-0.3, -0.25) is 9.10 Å². The number of rotatable bonds is 4. The van der Waals surface area contributed by atoms with Crippen molar-refractivity contribution in [3.8, 4) is 0 Å². The molecule has 0 N–H and O–H groups in total. The highest BCUT2D eigenvalue weighted by Gasteiger charge is 2.28. The molecule has 0 unspecified atom stereocenters. The van der Waals surface area contributed by atoms with Crippen molar-refractivity contribution in [3.05, 3.63) is 88.7 Å². The molecule has 0 radical (unpaired) electrons. The predicted molar refractivity (Wildman–Crippen MR) is 120 cm³/mol. The van der Waals surface area contributed by atoms with E-state index < -0.39 is 15.8 Å². The second-order valence-electron chi connectivity index (χ2n) is 7.28. The Labute approximate surface area is 185 Å². The van der Waals surface area contributed by atoms with Gasteiger partial charge in [-0.1, -0.05) is 29.8 Å². The largest absolute Gasteiger partial charge is 0.308 e. The van der Waals surface area contributed by atoms with Crippen molar-refractivity contribution in [2.75, 3.05) is 22.8 Å². The van der Waals surface area contributed by atoms with Gasteiger partial charge in [0.05, 0.1) is 21.2 Å². The van der Waals surface area contributed by atoms with Crippen LogP contribution in [0.4, 0.5) is 15.8 Å². The lowest BCUT2D eigenvalue weighted by Crippen LogP contribution is -2.36. The molecule has 1 amide bonds. The third-order valence-corrected chi connectivity index (χ3v) is 7.48. The van der Waals surface area contributed by atoms with E-state index in [1.165, 1.54) is 49.5 Å². The summed E-state index contributed by atoms with van der Waals surface area (Å²) in [6.07, 6.45) is 1.69. The summed E-state index contributed by atoms with van der Waals surface area (Å²) in [6.45, 7) is 0.526. The lowest BCUT2D eigenvalue weighted by atomic mass is 10.0. The summed E-state index contributed by atoms with van der Waals surface area (Å²) in [5.74, 6) is -0.811. The Balaban J connectivity index is 1.71. The number of aryl methyl sites for hydroxylation is 1. The third-order valence-electron chi connectivity index (χ3n) is 5.37. The third kappa shape index (κ3) is 4.03. The average molecular weight is 459 g/mol. The minimum atomic E-state index is -3.99. The maximum atomic E-state index is 13.3. The van der Waals surface area contributed by atoms with Crippen molar-refractivity contribution in [3.63, 3.8) is 0 Å². The standard InChI is InChI=1S/C23H20ClFN2O3S/c1-26(18-10-8-17(25)9-11-18)31(29,30)19-12-13-21(24)20(15-19)23(28)27-14-4-6-16-5-2-3-7-22(16)27/h2-3,5,7-13,15H,4,6,14H2,1H3. The first-order valence-corrected chi connectivity index (χ1v) is 11.5. The van der Waals surface area contributed by atoms with Crippen LogP contribution in [-0.4, -0.2) is 27.9 Å². The summed E-state index contributed by atoms with van der Waals surface area (Å²) >= 11 is 6.30. The van der Waals surface area contributed by atoms with Crippen molar-refractivity contribution < 1.29 is 17.6 Å². The fraction of sp³-hybridized carbons (Fsp3) is 0.174. The highest BCUT2D eigenvalue weighted by molar-refractivity contribution is 7.92. The molecule has 0 saturated heterocycles. The number of halogens is 2. The lowest BCUT2D eigenvalue weighted by molar-refractivity contribution is 0.0985. The van der Waals surface area contributed by atoms with E-state index in [-0.39, 0.29) is 21.4 Å². The number of amides is 1. The van der Waals surface area contributed by atoms with E-state index in [2.05, 4.69) is 0 Å². The zero-order valence-electron chi connectivity index (χ0n) is 16.8. The van der Waals surface area contributed by atoms with Crippen LogP contribution in [0.2, 0.25) is 5.02 Å². The number of carbonyl (C=O) groups is 1. The fourth-order valence-electron chi connectivity index (χ4n) is 3.67. The monoisotopic (exact) mass is 458 g/mol. The van der Waals surface area contributed by atoms with Crippen LogP contribution >= 0.6 is 11.6 Å². The second kappa shape index (κ2) is 8.32. The molecule has 1 heterocycles. The van der Waals surface area contributed by atoms with Gasteiger partial charge in [0.25, 0.3) is 15.9 Å². The molecule has 3 aromatic rings. The molecule has 0 bridgehead atoms. The molecule has 0 aliphatic carbocycles. The van der Waals surface area contributed by atoms with Crippen LogP contribution in [0.15, 0.2) is 71.6 Å². The summed E-state index contributed by atoms with van der Waals surface area (Å²) < 4.78 is 40.5. The van der Waals surface area contributed by atoms with E-state index in [9.17, 15) is 17.6 Å². The summed E-state index contributed by atoms with van der Waals surface area (Å²) in [5.41, 5.74) is 2.30. The van der Waals surface area contributed by atoms with Crippen LogP contribution in [0.5, 0.6) is 0 Å². The van der Waals surface area contributed by atoms with Crippen LogP contribution < -0.4 is 9.21 Å². The number of hydrogen-bond donors (Lipinski definition) is 0. The van der Waals surface area contributed by atoms with E-state index >= 15 is 0 Å². The van der Waals surface area contributed by atoms with E-state index in [4.69, 9.17) is 11.6 Å². The summed E-state index contributed by atoms with van der Waals surface area (Å²) in [7, 11) is -2.61. The molecule has 8 heteroatoms. The lowest BCUT2D eigenvalue weighted by Gasteiger charge is -2.30. The molecule has 31 heavy (non-hydrogen) atoms. The van der Waals surface area contributed by atoms with Gasteiger partial charge in [-0.2, -0.15) is 0 Å². The van der Waals surface area contributed by atoms with E-state index in [1.54, 1.807) is 4.90 Å². The van der Waals surface area contributed by atoms with Crippen LogP contribution in [-0.2, 0) is 16.4 Å². The van der Waals surface area contributed by atoms with Crippen LogP contribution in [0.1, 0.15) is 22.3 Å². The maximum Gasteiger partial charge on any atom is 0.264 e. The van der Waals surface area contributed by atoms with E-state index in [1.807, 2.05) is 24.3 Å². The number of anilines is 2. The fourth-order valence-corrected chi connectivity index (χ4v) is 5.09. The first-order chi connectivity index (χ1) is 14.8. The van der Waals surface area contributed by atoms with Gasteiger partial charge >= 0.3 is 0 Å². The number of para-hydroxylation sites is 1. The predicted octanol–water partition coefficient (Wildman–Crippen LogP) is 4.90. The Kier molecular flexibility index (Phi) is 5.73. The van der Waals surface area contributed by atoms with Gasteiger partial charge in [0, 0.05) is 19.3 Å². The summed E-state index contributed by atoms with van der Waals surface area (Å²) in [4.78, 5) is 14.9. The van der Waals surface area contributed by atoms with E-state index in [0.29, 0.717) is 12.2 Å². The second-order valence-corrected chi connectivity index (χ2v) is 9.66. The number of fused-ring (bicyclic) bond motifs is 1. The van der Waals surface area contributed by atoms with Gasteiger partial charge < -0.3 is 4.90 Å². The van der Waals surface area contributed by atoms with Crippen LogP contribution in [0.3, 0.4) is 0 Å². The number of benzene rings is 3. The highest BCUT2D eigenvalue weighted by Crippen LogP contribution is 2.31. The van der Waals surface area contributed by atoms with Crippen molar-refractivity contribution >= 4 is 38.9 Å². The van der Waals surface area contributed by atoms with Crippen molar-refractivity contribution in [2.45, 2.75) is 17.7 Å². The van der Waals surface area contributed by atoms with Gasteiger partial charge in [-0.05, 0) is 66.9 Å². The van der Waals surface area contributed by atoms with Gasteiger partial charge in [0.2, 0.25) is 0 Å². The quantitative estimate of drug-likeness (QED) is 0.559. The molecule has 1 aliphatic heterocycles. The SMILES string of the molecule is CN(c1ccc(F)cc1)S(=O)(=O)c1ccc(Cl)c(C(=O)N2CCCc3ccccc32)c1. The topological polar surface area (TPSA) is 57.7 Å². The average Bonchev–Trinajstić information content (AvgIpc) is 2.78. The number of carbonyl (C=O) groups excluding carboxylic acids is 1. The van der Waals surface area contributed by atoms with Crippen molar-refractivity contribution in [1.82, 2.24) is 0 Å². The molecule has 0 spiro atoms. The Morgan fingerprint density at radius 3 is 2.52 bits per heavy atom. The van der Waals surface area contributed by atoms with E-state index in [0.717, 1.165) is 28.4 Å². The molecular formula is C23H20ClFN2O3S. The van der Waals surface area contributed by atoms with Crippen LogP contribution in [0, 0.1) is 5.82 Å². The molecule has 3 aromatic carbocycles. The first kappa shape index (κ1) is 21.3. The molecule has 4 rings (SSSR count). The molecule has 0 fully saturated rings. The normalized spacial score (nSPS) is 13.6. The zero-order chi connectivity index (χ0) is 22.2. The molecule has 0 aromatic heterocycles.